The lowest BCUT2D eigenvalue weighted by atomic mass is 10.3. The highest BCUT2D eigenvalue weighted by atomic mass is 35.5. The van der Waals surface area contributed by atoms with Crippen LogP contribution in [0.15, 0.2) is 18.2 Å². The lowest BCUT2D eigenvalue weighted by molar-refractivity contribution is -0.117. The van der Waals surface area contributed by atoms with Crippen molar-refractivity contribution in [3.63, 3.8) is 0 Å². The van der Waals surface area contributed by atoms with E-state index in [4.69, 9.17) is 23.2 Å². The van der Waals surface area contributed by atoms with E-state index in [2.05, 4.69) is 24.1 Å². The highest BCUT2D eigenvalue weighted by Gasteiger charge is 2.12. The summed E-state index contributed by atoms with van der Waals surface area (Å²) in [5.41, 5.74) is 0.490. The van der Waals surface area contributed by atoms with Crippen LogP contribution in [0.4, 0.5) is 5.69 Å². The van der Waals surface area contributed by atoms with Gasteiger partial charge in [0.15, 0.2) is 0 Å². The molecule has 1 amide bonds. The van der Waals surface area contributed by atoms with Gasteiger partial charge in [-0.05, 0) is 38.1 Å². The molecule has 20 heavy (non-hydrogen) atoms. The van der Waals surface area contributed by atoms with Gasteiger partial charge in [0.2, 0.25) is 5.91 Å². The Balaban J connectivity index is 0.00000361. The molecule has 114 valence electrons. The highest BCUT2D eigenvalue weighted by Crippen LogP contribution is 2.29. The fourth-order valence-corrected chi connectivity index (χ4v) is 2.39. The van der Waals surface area contributed by atoms with Gasteiger partial charge >= 0.3 is 0 Å². The molecular weight excluding hydrogens is 319 g/mol. The van der Waals surface area contributed by atoms with Gasteiger partial charge in [-0.3, -0.25) is 9.69 Å². The van der Waals surface area contributed by atoms with E-state index in [1.54, 1.807) is 18.2 Å². The third-order valence-electron chi connectivity index (χ3n) is 2.67. The average Bonchev–Trinajstić information content (AvgIpc) is 2.35. The monoisotopic (exact) mass is 338 g/mol. The number of amides is 1. The van der Waals surface area contributed by atoms with Gasteiger partial charge in [0.25, 0.3) is 0 Å². The Kier molecular flexibility index (Phi) is 10.0. The maximum absolute atomic E-state index is 12.0. The molecule has 0 aliphatic rings. The van der Waals surface area contributed by atoms with E-state index < -0.39 is 0 Å². The minimum absolute atomic E-state index is 0. The summed E-state index contributed by atoms with van der Waals surface area (Å²) in [6.45, 7) is 6.40. The predicted molar refractivity (Wildman–Crippen MR) is 89.4 cm³/mol. The molecule has 0 heterocycles. The Bertz CT molecular complexity index is 401. The van der Waals surface area contributed by atoms with Gasteiger partial charge in [-0.25, -0.2) is 0 Å². The molecule has 1 aromatic carbocycles. The van der Waals surface area contributed by atoms with E-state index in [0.29, 0.717) is 22.3 Å². The second-order valence-electron chi connectivity index (χ2n) is 4.42. The Morgan fingerprint density at radius 2 is 1.65 bits per heavy atom. The number of anilines is 1. The fraction of sp³-hybridized carbons (Fsp3) is 0.500. The summed E-state index contributed by atoms with van der Waals surface area (Å²) in [6.07, 6.45) is 2.06. The largest absolute Gasteiger partial charge is 0.322 e. The van der Waals surface area contributed by atoms with Crippen LogP contribution in [0.5, 0.6) is 0 Å². The summed E-state index contributed by atoms with van der Waals surface area (Å²) in [7, 11) is 0. The zero-order chi connectivity index (χ0) is 14.3. The minimum atomic E-state index is -0.0862. The molecule has 0 bridgehead atoms. The molecule has 1 rings (SSSR count). The van der Waals surface area contributed by atoms with E-state index in [0.717, 1.165) is 25.9 Å². The molecule has 6 heteroatoms. The lowest BCUT2D eigenvalue weighted by Crippen LogP contribution is -2.34. The van der Waals surface area contributed by atoms with Gasteiger partial charge in [-0.2, -0.15) is 0 Å². The first kappa shape index (κ1) is 19.5. The Hall–Kier alpha value is -0.480. The average molecular weight is 340 g/mol. The number of benzene rings is 1. The second kappa shape index (κ2) is 10.3. The molecule has 3 nitrogen and oxygen atoms in total. The van der Waals surface area contributed by atoms with Crippen LogP contribution in [0.1, 0.15) is 26.7 Å². The van der Waals surface area contributed by atoms with Crippen molar-refractivity contribution < 1.29 is 4.79 Å². The van der Waals surface area contributed by atoms with Crippen LogP contribution in [-0.4, -0.2) is 30.4 Å². The van der Waals surface area contributed by atoms with Gasteiger partial charge in [-0.1, -0.05) is 43.1 Å². The number of nitrogens with zero attached hydrogens (tertiary/aromatic N) is 1. The van der Waals surface area contributed by atoms with Gasteiger partial charge in [-0.15, -0.1) is 12.4 Å². The molecule has 0 fully saturated rings. The van der Waals surface area contributed by atoms with Crippen molar-refractivity contribution in [3.8, 4) is 0 Å². The summed E-state index contributed by atoms with van der Waals surface area (Å²) in [5.74, 6) is -0.0862. The van der Waals surface area contributed by atoms with Crippen molar-refractivity contribution in [1.82, 2.24) is 4.90 Å². The van der Waals surface area contributed by atoms with Crippen molar-refractivity contribution in [2.75, 3.05) is 25.0 Å². The quantitative estimate of drug-likeness (QED) is 0.794. The molecule has 0 aromatic heterocycles. The third kappa shape index (κ3) is 6.31. The van der Waals surface area contributed by atoms with Crippen LogP contribution < -0.4 is 5.32 Å². The topological polar surface area (TPSA) is 32.3 Å². The van der Waals surface area contributed by atoms with E-state index >= 15 is 0 Å². The van der Waals surface area contributed by atoms with Crippen LogP contribution in [0.2, 0.25) is 10.0 Å². The van der Waals surface area contributed by atoms with Gasteiger partial charge < -0.3 is 5.32 Å². The summed E-state index contributed by atoms with van der Waals surface area (Å²) in [4.78, 5) is 14.1. The van der Waals surface area contributed by atoms with E-state index in [-0.39, 0.29) is 18.3 Å². The maximum Gasteiger partial charge on any atom is 0.238 e. The zero-order valence-corrected chi connectivity index (χ0v) is 14.1. The molecule has 0 spiro atoms. The van der Waals surface area contributed by atoms with Crippen LogP contribution in [0, 0.1) is 0 Å². The molecule has 0 atom stereocenters. The van der Waals surface area contributed by atoms with E-state index in [1.165, 1.54) is 0 Å². The second-order valence-corrected chi connectivity index (χ2v) is 5.24. The van der Waals surface area contributed by atoms with Gasteiger partial charge in [0.05, 0.1) is 22.3 Å². The minimum Gasteiger partial charge on any atom is -0.322 e. The third-order valence-corrected chi connectivity index (χ3v) is 3.30. The highest BCUT2D eigenvalue weighted by molar-refractivity contribution is 6.39. The van der Waals surface area contributed by atoms with Crippen LogP contribution in [0.3, 0.4) is 0 Å². The van der Waals surface area contributed by atoms with Crippen LogP contribution >= 0.6 is 35.6 Å². The first-order valence-corrected chi connectivity index (χ1v) is 7.30. The molecular formula is C14H21Cl3N2O. The number of carbonyl (C=O) groups is 1. The number of nitrogens with one attached hydrogen (secondary N) is 1. The molecule has 0 saturated heterocycles. The first-order valence-electron chi connectivity index (χ1n) is 6.54. The normalized spacial score (nSPS) is 10.2. The molecule has 1 aromatic rings. The Morgan fingerprint density at radius 3 is 2.10 bits per heavy atom. The summed E-state index contributed by atoms with van der Waals surface area (Å²) < 4.78 is 0. The van der Waals surface area contributed by atoms with Crippen molar-refractivity contribution in [2.24, 2.45) is 0 Å². The molecule has 0 aliphatic heterocycles. The molecule has 0 radical (unpaired) electrons. The summed E-state index contributed by atoms with van der Waals surface area (Å²) in [5, 5.41) is 3.69. The van der Waals surface area contributed by atoms with Crippen LogP contribution in [0.25, 0.3) is 0 Å². The molecule has 0 aliphatic carbocycles. The summed E-state index contributed by atoms with van der Waals surface area (Å²) >= 11 is 12.0. The SMILES string of the molecule is CCCN(CCC)CC(=O)Nc1c(Cl)cccc1Cl.Cl. The summed E-state index contributed by atoms with van der Waals surface area (Å²) in [6, 6.07) is 5.17. The smallest absolute Gasteiger partial charge is 0.238 e. The number of halogens is 3. The fourth-order valence-electron chi connectivity index (χ4n) is 1.90. The van der Waals surface area contributed by atoms with E-state index in [1.807, 2.05) is 0 Å². The molecule has 0 saturated carbocycles. The van der Waals surface area contributed by atoms with Crippen molar-refractivity contribution in [3.05, 3.63) is 28.2 Å². The number of carbonyl (C=O) groups excluding carboxylic acids is 1. The number of hydrogen-bond donors (Lipinski definition) is 1. The maximum atomic E-state index is 12.0. The molecule has 0 unspecified atom stereocenters. The zero-order valence-electron chi connectivity index (χ0n) is 11.8. The Morgan fingerprint density at radius 1 is 1.15 bits per heavy atom. The van der Waals surface area contributed by atoms with Crippen molar-refractivity contribution >= 4 is 47.2 Å². The van der Waals surface area contributed by atoms with Crippen molar-refractivity contribution in [2.45, 2.75) is 26.7 Å². The number of hydrogen-bond acceptors (Lipinski definition) is 2. The lowest BCUT2D eigenvalue weighted by Gasteiger charge is -2.20. The van der Waals surface area contributed by atoms with Gasteiger partial charge in [0, 0.05) is 0 Å². The molecule has 1 N–H and O–H groups in total. The van der Waals surface area contributed by atoms with Crippen molar-refractivity contribution in [1.29, 1.82) is 0 Å². The Labute approximate surface area is 137 Å². The van der Waals surface area contributed by atoms with E-state index in [9.17, 15) is 4.79 Å². The number of rotatable bonds is 7. The van der Waals surface area contributed by atoms with Gasteiger partial charge in [0.1, 0.15) is 0 Å². The number of para-hydroxylation sites is 1. The predicted octanol–water partition coefficient (Wildman–Crippen LogP) is 4.48. The van der Waals surface area contributed by atoms with Crippen LogP contribution in [-0.2, 0) is 4.79 Å². The standard InChI is InChI=1S/C14H20Cl2N2O.ClH/c1-3-8-18(9-4-2)10-13(19)17-14-11(15)6-5-7-12(14)16;/h5-7H,3-4,8-10H2,1-2H3,(H,17,19);1H. The first-order chi connectivity index (χ1) is 9.08.